The van der Waals surface area contributed by atoms with E-state index in [2.05, 4.69) is 0 Å². The van der Waals surface area contributed by atoms with Gasteiger partial charge >= 0.3 is 5.97 Å². The zero-order chi connectivity index (χ0) is 32.4. The molecule has 248 valence electrons. The summed E-state index contributed by atoms with van der Waals surface area (Å²) in [6, 6.07) is 6.05. The predicted molar refractivity (Wildman–Crippen MR) is 149 cm³/mol. The number of fused-ring (bicyclic) bond motifs is 1. The summed E-state index contributed by atoms with van der Waals surface area (Å²) >= 11 is 0. The lowest BCUT2D eigenvalue weighted by Gasteiger charge is -2.43. The fourth-order valence-corrected chi connectivity index (χ4v) is 5.81. The highest BCUT2D eigenvalue weighted by Crippen LogP contribution is 2.43. The average molecular weight is 639 g/mol. The second-order valence-corrected chi connectivity index (χ2v) is 11.3. The Hall–Kier alpha value is -2.93. The maximum atomic E-state index is 12.6. The van der Waals surface area contributed by atoms with E-state index in [0.717, 1.165) is 6.08 Å². The number of aromatic hydroxyl groups is 1. The molecule has 4 aliphatic rings. The highest BCUT2D eigenvalue weighted by Gasteiger charge is 2.52. The van der Waals surface area contributed by atoms with E-state index in [1.54, 1.807) is 24.3 Å². The first-order chi connectivity index (χ1) is 21.5. The monoisotopic (exact) mass is 638 g/mol. The van der Waals surface area contributed by atoms with Gasteiger partial charge in [-0.1, -0.05) is 18.2 Å². The van der Waals surface area contributed by atoms with Gasteiger partial charge in [-0.2, -0.15) is 0 Å². The normalized spacial score (nSPS) is 41.4. The van der Waals surface area contributed by atoms with Crippen molar-refractivity contribution in [1.29, 1.82) is 0 Å². The van der Waals surface area contributed by atoms with E-state index in [1.165, 1.54) is 31.4 Å². The van der Waals surface area contributed by atoms with Gasteiger partial charge in [0.25, 0.3) is 0 Å². The first-order valence-corrected chi connectivity index (χ1v) is 14.5. The van der Waals surface area contributed by atoms with Gasteiger partial charge in [0.2, 0.25) is 6.29 Å². The highest BCUT2D eigenvalue weighted by atomic mass is 16.8. The van der Waals surface area contributed by atoms with Crippen molar-refractivity contribution >= 4 is 12.0 Å². The lowest BCUT2D eigenvalue weighted by molar-refractivity contribution is -0.341. The molecule has 3 aliphatic heterocycles. The Kier molecular flexibility index (Phi) is 10.6. The number of hydrogen-bond acceptors (Lipinski definition) is 15. The quantitative estimate of drug-likeness (QED) is 0.0832. The Labute approximate surface area is 257 Å². The Morgan fingerprint density at radius 2 is 1.60 bits per heavy atom. The topological polar surface area (TPSA) is 234 Å². The van der Waals surface area contributed by atoms with Crippen molar-refractivity contribution in [3.63, 3.8) is 0 Å². The van der Waals surface area contributed by atoms with Gasteiger partial charge in [-0.3, -0.25) is 0 Å². The van der Waals surface area contributed by atoms with Gasteiger partial charge in [0, 0.05) is 12.0 Å². The molecule has 0 saturated carbocycles. The largest absolute Gasteiger partial charge is 0.508 e. The Bertz CT molecular complexity index is 1250. The molecule has 15 heteroatoms. The number of carbonyl (C=O) groups excluding carboxylic acids is 1. The zero-order valence-corrected chi connectivity index (χ0v) is 24.1. The van der Waals surface area contributed by atoms with Crippen LogP contribution in [0.1, 0.15) is 12.5 Å². The number of benzene rings is 1. The van der Waals surface area contributed by atoms with Gasteiger partial charge in [0.05, 0.1) is 37.6 Å². The smallest absolute Gasteiger partial charge is 0.331 e. The minimum Gasteiger partial charge on any atom is -0.508 e. The van der Waals surface area contributed by atoms with Crippen molar-refractivity contribution in [2.45, 2.75) is 80.7 Å². The summed E-state index contributed by atoms with van der Waals surface area (Å²) in [7, 11) is 0. The second-order valence-electron chi connectivity index (χ2n) is 11.3. The van der Waals surface area contributed by atoms with Crippen molar-refractivity contribution in [2.75, 3.05) is 13.2 Å². The molecule has 0 radical (unpaired) electrons. The predicted octanol–water partition coefficient (Wildman–Crippen LogP) is -1.98. The van der Waals surface area contributed by atoms with Crippen molar-refractivity contribution in [3.05, 3.63) is 59.9 Å². The third-order valence-corrected chi connectivity index (χ3v) is 8.34. The van der Waals surface area contributed by atoms with E-state index in [4.69, 9.17) is 28.4 Å². The third kappa shape index (κ3) is 7.08. The molecule has 2 saturated heterocycles. The molecule has 1 aromatic rings. The van der Waals surface area contributed by atoms with Crippen LogP contribution in [0.25, 0.3) is 6.08 Å². The SMILES string of the molecule is C[C@@H]1O[C@@H](O[C@@H]2C=C(CO)[C@H]3[C@H](O[C@@H]4O[C@H](CO)[C@@H](O)[C@H](O)[C@H]4O)OC=C[C@H]32)[C@H](O)[C@H](OC(=O)/C=C/c2ccc(O)cc2)[C@H]1O. The summed E-state index contributed by atoms with van der Waals surface area (Å²) in [5.41, 5.74) is 1.03. The molecule has 0 spiro atoms. The van der Waals surface area contributed by atoms with Crippen LogP contribution >= 0.6 is 0 Å². The number of ether oxygens (including phenoxy) is 6. The number of carbonyl (C=O) groups is 1. The fourth-order valence-electron chi connectivity index (χ4n) is 5.81. The molecule has 1 aromatic carbocycles. The zero-order valence-electron chi connectivity index (χ0n) is 24.1. The molecule has 15 nitrogen and oxygen atoms in total. The number of hydrogen-bond donors (Lipinski definition) is 8. The molecule has 0 unspecified atom stereocenters. The van der Waals surface area contributed by atoms with Gasteiger partial charge < -0.3 is 69.3 Å². The standard InChI is InChI=1S/C30H38O15/c1-13-22(35)27(44-20(34)7-4-14-2-5-16(33)6-3-14)26(39)30(41-13)42-18-10-15(11-31)21-17(18)8-9-40-28(21)45-29-25(38)24(37)23(36)19(12-32)43-29/h2-10,13,17-19,21-33,35-39H,11-12H2,1H3/b7-4+/t13-,17-,18+,19+,21+,22-,23+,24-,25+,26+,27+,28-,29-,30-/m0/s1. The number of aliphatic hydroxyl groups is 7. The molecular formula is C30H38O15. The van der Waals surface area contributed by atoms with Crippen LogP contribution in [0.3, 0.4) is 0 Å². The second kappa shape index (κ2) is 14.2. The van der Waals surface area contributed by atoms with Crippen LogP contribution in [0.2, 0.25) is 0 Å². The molecule has 45 heavy (non-hydrogen) atoms. The van der Waals surface area contributed by atoms with E-state index in [9.17, 15) is 45.6 Å². The summed E-state index contributed by atoms with van der Waals surface area (Å²) < 4.78 is 34.1. The molecule has 5 rings (SSSR count). The summed E-state index contributed by atoms with van der Waals surface area (Å²) in [6.07, 6.45) is -9.23. The lowest BCUT2D eigenvalue weighted by atomic mass is 9.88. The maximum Gasteiger partial charge on any atom is 0.331 e. The molecule has 14 atom stereocenters. The van der Waals surface area contributed by atoms with Crippen LogP contribution in [0.15, 0.2) is 54.3 Å². The molecule has 8 N–H and O–H groups in total. The third-order valence-electron chi connectivity index (χ3n) is 8.34. The van der Waals surface area contributed by atoms with Crippen LogP contribution in [0.5, 0.6) is 5.75 Å². The molecule has 1 aliphatic carbocycles. The summed E-state index contributed by atoms with van der Waals surface area (Å²) in [4.78, 5) is 12.6. The van der Waals surface area contributed by atoms with E-state index in [-0.39, 0.29) is 5.75 Å². The maximum absolute atomic E-state index is 12.6. The van der Waals surface area contributed by atoms with Crippen LogP contribution in [0, 0.1) is 11.8 Å². The fraction of sp³-hybridized carbons (Fsp3) is 0.567. The minimum absolute atomic E-state index is 0.0610. The van der Waals surface area contributed by atoms with Crippen LogP contribution in [-0.4, -0.2) is 134 Å². The molecule has 0 aromatic heterocycles. The van der Waals surface area contributed by atoms with Gasteiger partial charge in [-0.15, -0.1) is 0 Å². The molecule has 0 bridgehead atoms. The van der Waals surface area contributed by atoms with Crippen molar-refractivity contribution in [3.8, 4) is 5.75 Å². The van der Waals surface area contributed by atoms with Crippen molar-refractivity contribution in [1.82, 2.24) is 0 Å². The minimum atomic E-state index is -1.68. The van der Waals surface area contributed by atoms with E-state index in [0.29, 0.717) is 11.1 Å². The van der Waals surface area contributed by atoms with Gasteiger partial charge in [-0.05, 0) is 42.3 Å². The summed E-state index contributed by atoms with van der Waals surface area (Å²) in [6.45, 7) is 0.427. The molecule has 3 heterocycles. The van der Waals surface area contributed by atoms with Crippen LogP contribution in [0.4, 0.5) is 0 Å². The molecule has 0 amide bonds. The Morgan fingerprint density at radius 3 is 2.29 bits per heavy atom. The summed E-state index contributed by atoms with van der Waals surface area (Å²) in [5.74, 6) is -2.03. The Balaban J connectivity index is 1.26. The molecular weight excluding hydrogens is 600 g/mol. The summed E-state index contributed by atoms with van der Waals surface area (Å²) in [5, 5.41) is 81.4. The van der Waals surface area contributed by atoms with Crippen molar-refractivity contribution in [2.24, 2.45) is 11.8 Å². The number of phenols is 1. The number of esters is 1. The van der Waals surface area contributed by atoms with E-state index >= 15 is 0 Å². The lowest BCUT2D eigenvalue weighted by Crippen LogP contribution is -2.60. The Morgan fingerprint density at radius 1 is 0.889 bits per heavy atom. The van der Waals surface area contributed by atoms with Gasteiger partial charge in [0.1, 0.15) is 42.4 Å². The van der Waals surface area contributed by atoms with Crippen LogP contribution in [-0.2, 0) is 33.2 Å². The van der Waals surface area contributed by atoms with E-state index < -0.39 is 105 Å². The first kappa shape index (κ1) is 33.4. The number of aliphatic hydroxyl groups excluding tert-OH is 7. The molecule has 2 fully saturated rings. The van der Waals surface area contributed by atoms with Crippen molar-refractivity contribution < 1.29 is 74.1 Å². The highest BCUT2D eigenvalue weighted by molar-refractivity contribution is 5.87. The van der Waals surface area contributed by atoms with Gasteiger partial charge in [0.15, 0.2) is 18.7 Å². The van der Waals surface area contributed by atoms with E-state index in [1.807, 2.05) is 0 Å². The number of rotatable bonds is 9. The van der Waals surface area contributed by atoms with Crippen LogP contribution < -0.4 is 0 Å². The van der Waals surface area contributed by atoms with Gasteiger partial charge in [-0.25, -0.2) is 4.79 Å². The average Bonchev–Trinajstić information content (AvgIpc) is 3.40. The first-order valence-electron chi connectivity index (χ1n) is 14.5. The number of phenolic OH excluding ortho intramolecular Hbond substituents is 1.